The van der Waals surface area contributed by atoms with Crippen LogP contribution in [-0.2, 0) is 0 Å². The monoisotopic (exact) mass is 231 g/mol. The number of nitrogens with one attached hydrogen (secondary N) is 1. The molecule has 0 aliphatic carbocycles. The van der Waals surface area contributed by atoms with E-state index in [2.05, 4.69) is 40.2 Å². The molecular formula is C12H17N5. The van der Waals surface area contributed by atoms with Gasteiger partial charge in [-0.2, -0.15) is 4.98 Å². The van der Waals surface area contributed by atoms with Gasteiger partial charge in [0.25, 0.3) is 0 Å². The van der Waals surface area contributed by atoms with Crippen LogP contribution in [0.5, 0.6) is 0 Å². The molecule has 5 heteroatoms. The highest BCUT2D eigenvalue weighted by molar-refractivity contribution is 5.50. The van der Waals surface area contributed by atoms with Gasteiger partial charge in [-0.1, -0.05) is 6.07 Å². The van der Waals surface area contributed by atoms with Crippen molar-refractivity contribution in [3.8, 4) is 0 Å². The number of nitrogens with zero attached hydrogens (tertiary/aromatic N) is 4. The van der Waals surface area contributed by atoms with Crippen molar-refractivity contribution in [3.05, 3.63) is 23.9 Å². The molecule has 0 radical (unpaired) electrons. The Kier molecular flexibility index (Phi) is 2.48. The quantitative estimate of drug-likeness (QED) is 0.790. The van der Waals surface area contributed by atoms with E-state index in [0.29, 0.717) is 6.04 Å². The van der Waals surface area contributed by atoms with Gasteiger partial charge < -0.3 is 10.2 Å². The van der Waals surface area contributed by atoms with Gasteiger partial charge in [-0.05, 0) is 25.5 Å². The van der Waals surface area contributed by atoms with E-state index >= 15 is 0 Å². The molecule has 0 spiro atoms. The molecule has 3 rings (SSSR count). The molecule has 2 aromatic rings. The molecule has 5 nitrogen and oxygen atoms in total. The average Bonchev–Trinajstić information content (AvgIpc) is 2.74. The molecule has 1 aliphatic heterocycles. The van der Waals surface area contributed by atoms with Crippen LogP contribution in [0.25, 0.3) is 5.65 Å². The predicted octanol–water partition coefficient (Wildman–Crippen LogP) is 0.836. The maximum atomic E-state index is 4.62. The molecular weight excluding hydrogens is 214 g/mol. The SMILES string of the molecule is Cc1cccn2nc(N3CCN[C@H](C)C3)nc12. The van der Waals surface area contributed by atoms with E-state index in [1.807, 2.05) is 16.8 Å². The molecule has 1 N–H and O–H groups in total. The first kappa shape index (κ1) is 10.5. The minimum atomic E-state index is 0.497. The van der Waals surface area contributed by atoms with Gasteiger partial charge in [-0.25, -0.2) is 4.52 Å². The topological polar surface area (TPSA) is 45.5 Å². The van der Waals surface area contributed by atoms with Gasteiger partial charge in [0.1, 0.15) is 0 Å². The number of aryl methyl sites for hydroxylation is 1. The van der Waals surface area contributed by atoms with Crippen molar-refractivity contribution >= 4 is 11.6 Å². The van der Waals surface area contributed by atoms with Crippen LogP contribution >= 0.6 is 0 Å². The lowest BCUT2D eigenvalue weighted by Crippen LogP contribution is -2.49. The van der Waals surface area contributed by atoms with Crippen LogP contribution in [0.1, 0.15) is 12.5 Å². The summed E-state index contributed by atoms with van der Waals surface area (Å²) >= 11 is 0. The fourth-order valence-corrected chi connectivity index (χ4v) is 2.28. The first-order valence-electron chi connectivity index (χ1n) is 6.04. The molecule has 3 heterocycles. The zero-order valence-electron chi connectivity index (χ0n) is 10.2. The van der Waals surface area contributed by atoms with Crippen molar-refractivity contribution in [3.63, 3.8) is 0 Å². The third-order valence-corrected chi connectivity index (χ3v) is 3.20. The summed E-state index contributed by atoms with van der Waals surface area (Å²) < 4.78 is 1.86. The number of rotatable bonds is 1. The van der Waals surface area contributed by atoms with Gasteiger partial charge >= 0.3 is 0 Å². The zero-order valence-corrected chi connectivity index (χ0v) is 10.2. The van der Waals surface area contributed by atoms with E-state index in [0.717, 1.165) is 36.8 Å². The molecule has 17 heavy (non-hydrogen) atoms. The van der Waals surface area contributed by atoms with Crippen LogP contribution in [0.2, 0.25) is 0 Å². The number of piperazine rings is 1. The van der Waals surface area contributed by atoms with E-state index in [1.54, 1.807) is 0 Å². The molecule has 1 aliphatic rings. The second kappa shape index (κ2) is 4.00. The summed E-state index contributed by atoms with van der Waals surface area (Å²) in [6, 6.07) is 4.56. The third kappa shape index (κ3) is 1.86. The molecule has 0 unspecified atom stereocenters. The second-order valence-electron chi connectivity index (χ2n) is 4.67. The number of anilines is 1. The van der Waals surface area contributed by atoms with E-state index in [-0.39, 0.29) is 0 Å². The molecule has 0 saturated carbocycles. The van der Waals surface area contributed by atoms with Crippen molar-refractivity contribution in [2.75, 3.05) is 24.5 Å². The normalized spacial score (nSPS) is 21.1. The van der Waals surface area contributed by atoms with Crippen LogP contribution in [0.15, 0.2) is 18.3 Å². The molecule has 0 aromatic carbocycles. The molecule has 1 atom stereocenters. The van der Waals surface area contributed by atoms with Gasteiger partial charge in [0.05, 0.1) is 0 Å². The summed E-state index contributed by atoms with van der Waals surface area (Å²) in [5.74, 6) is 0.840. The van der Waals surface area contributed by atoms with Crippen molar-refractivity contribution in [1.29, 1.82) is 0 Å². The Bertz CT molecular complexity index is 533. The minimum Gasteiger partial charge on any atom is -0.337 e. The van der Waals surface area contributed by atoms with Crippen LogP contribution in [0.3, 0.4) is 0 Å². The second-order valence-corrected chi connectivity index (χ2v) is 4.67. The van der Waals surface area contributed by atoms with E-state index in [4.69, 9.17) is 0 Å². The van der Waals surface area contributed by atoms with Crippen LogP contribution in [0.4, 0.5) is 5.95 Å². The molecule has 0 bridgehead atoms. The number of fused-ring (bicyclic) bond motifs is 1. The largest absolute Gasteiger partial charge is 0.337 e. The number of aromatic nitrogens is 3. The lowest BCUT2D eigenvalue weighted by molar-refractivity contribution is 0.479. The van der Waals surface area contributed by atoms with Gasteiger partial charge in [0.2, 0.25) is 5.95 Å². The number of hydrogen-bond donors (Lipinski definition) is 1. The summed E-state index contributed by atoms with van der Waals surface area (Å²) in [7, 11) is 0. The Balaban J connectivity index is 1.97. The maximum Gasteiger partial charge on any atom is 0.245 e. The van der Waals surface area contributed by atoms with Crippen molar-refractivity contribution in [2.24, 2.45) is 0 Å². The summed E-state index contributed by atoms with van der Waals surface area (Å²) in [6.07, 6.45) is 1.95. The van der Waals surface area contributed by atoms with Crippen LogP contribution in [0, 0.1) is 6.92 Å². The first-order valence-corrected chi connectivity index (χ1v) is 6.04. The summed E-state index contributed by atoms with van der Waals surface area (Å²) in [5.41, 5.74) is 2.11. The fourth-order valence-electron chi connectivity index (χ4n) is 2.28. The number of hydrogen-bond acceptors (Lipinski definition) is 4. The summed E-state index contributed by atoms with van der Waals surface area (Å²) in [6.45, 7) is 7.19. The summed E-state index contributed by atoms with van der Waals surface area (Å²) in [4.78, 5) is 6.86. The third-order valence-electron chi connectivity index (χ3n) is 3.20. The highest BCUT2D eigenvalue weighted by Gasteiger charge is 2.19. The highest BCUT2D eigenvalue weighted by atomic mass is 15.4. The Morgan fingerprint density at radius 2 is 2.35 bits per heavy atom. The van der Waals surface area contributed by atoms with Crippen LogP contribution in [-0.4, -0.2) is 40.3 Å². The van der Waals surface area contributed by atoms with Crippen molar-refractivity contribution in [1.82, 2.24) is 19.9 Å². The Labute approximate surface area is 100 Å². The Morgan fingerprint density at radius 3 is 3.12 bits per heavy atom. The van der Waals surface area contributed by atoms with Crippen LogP contribution < -0.4 is 10.2 Å². The van der Waals surface area contributed by atoms with Crippen molar-refractivity contribution < 1.29 is 0 Å². The molecule has 1 saturated heterocycles. The predicted molar refractivity (Wildman–Crippen MR) is 67.4 cm³/mol. The highest BCUT2D eigenvalue weighted by Crippen LogP contribution is 2.14. The van der Waals surface area contributed by atoms with Gasteiger partial charge in [0.15, 0.2) is 5.65 Å². The molecule has 0 amide bonds. The molecule has 1 fully saturated rings. The standard InChI is InChI=1S/C12H17N5/c1-9-4-3-6-17-11(9)14-12(15-17)16-7-5-13-10(2)8-16/h3-4,6,10,13H,5,7-8H2,1-2H3/t10-/m1/s1. The smallest absolute Gasteiger partial charge is 0.245 e. The lowest BCUT2D eigenvalue weighted by Gasteiger charge is -2.30. The maximum absolute atomic E-state index is 4.62. The van der Waals surface area contributed by atoms with Gasteiger partial charge in [-0.15, -0.1) is 5.10 Å². The summed E-state index contributed by atoms with van der Waals surface area (Å²) in [5, 5.41) is 7.96. The number of pyridine rings is 1. The zero-order chi connectivity index (χ0) is 11.8. The van der Waals surface area contributed by atoms with E-state index < -0.39 is 0 Å². The van der Waals surface area contributed by atoms with Crippen molar-refractivity contribution in [2.45, 2.75) is 19.9 Å². The van der Waals surface area contributed by atoms with E-state index in [1.165, 1.54) is 0 Å². The lowest BCUT2D eigenvalue weighted by atomic mass is 10.2. The molecule has 90 valence electrons. The van der Waals surface area contributed by atoms with Gasteiger partial charge in [-0.3, -0.25) is 0 Å². The first-order chi connectivity index (χ1) is 8.24. The molecule has 2 aromatic heterocycles. The Hall–Kier alpha value is -1.62. The van der Waals surface area contributed by atoms with Gasteiger partial charge in [0, 0.05) is 31.9 Å². The van der Waals surface area contributed by atoms with E-state index in [9.17, 15) is 0 Å². The fraction of sp³-hybridized carbons (Fsp3) is 0.500. The Morgan fingerprint density at radius 1 is 1.47 bits per heavy atom. The minimum absolute atomic E-state index is 0.497. The average molecular weight is 231 g/mol.